The number of methoxy groups -OCH3 is 2. The molecule has 0 saturated heterocycles. The molecule has 6 N–H and O–H groups in total. The van der Waals surface area contributed by atoms with Crippen molar-refractivity contribution in [1.82, 2.24) is 70.7 Å². The van der Waals surface area contributed by atoms with Gasteiger partial charge in [-0.05, 0) is 293 Å². The summed E-state index contributed by atoms with van der Waals surface area (Å²) in [5.74, 6) is 4.18. The summed E-state index contributed by atoms with van der Waals surface area (Å²) in [5, 5.41) is 102. The molecular formula is C101H80N15O23S3+. The fraction of sp³-hybridized carbons (Fsp3) is 0.0891. The summed E-state index contributed by atoms with van der Waals surface area (Å²) in [7, 11) is 3.12. The molecule has 1 atom stereocenters. The maximum Gasteiger partial charge on any atom is 0.335 e. The zero-order valence-corrected chi connectivity index (χ0v) is 78.7. The number of carboxylic acid groups (broad SMARTS) is 6. The Bertz CT molecular complexity index is 7890. The van der Waals surface area contributed by atoms with Crippen LogP contribution in [0.15, 0.2) is 314 Å². The largest absolute Gasteiger partial charge is 0.496 e. The van der Waals surface area contributed by atoms with E-state index >= 15 is 0 Å². The molecule has 7 aromatic heterocycles. The molecule has 714 valence electrons. The van der Waals surface area contributed by atoms with Crippen molar-refractivity contribution < 1.29 is 109 Å². The van der Waals surface area contributed by atoms with E-state index in [1.54, 1.807) is 122 Å². The first-order chi connectivity index (χ1) is 68.1. The maximum absolute atomic E-state index is 11.5. The van der Waals surface area contributed by atoms with Crippen molar-refractivity contribution in [3.63, 3.8) is 0 Å². The van der Waals surface area contributed by atoms with E-state index in [9.17, 15) is 42.1 Å². The van der Waals surface area contributed by atoms with Crippen LogP contribution in [0.2, 0.25) is 0 Å². The fourth-order valence-corrected chi connectivity index (χ4v) is 14.8. The van der Waals surface area contributed by atoms with E-state index in [2.05, 4.69) is 78.3 Å². The van der Waals surface area contributed by atoms with Crippen molar-refractivity contribution in [3.8, 4) is 149 Å². The standard InChI is InChI=1S/C18H14N4O3.C17H13N3O5.C17H14N2O4.C17H14N2O3S.C16H12N2O5S.C16H12N2O3S/c1-10-19-14-9-13(7-8-15(14)22(10)2)17-21-20-16(25-17)11-3-5-12(6-4-11)18(23)24;1-20(23)13-8-7-12(9-14(13)24-2)16-19-18-15(25-16)10-3-5-11(6-4-10)17(21)22;1-10-3-4-13(9-14(10)22-2)16-19-18-15(23-16)11-5-7-12(8-6-11)17(20)21;1-23(2)14-9-7-12(8-10-14)16-19-18-15(22-16)11-3-5-13(6-4-11)17(20)21;1-24(21,22)13-8-6-11(7-9-13)15-18-17-14(23-15)10-2-4-12(5-3-10)16(19)20;1-22-13-8-6-11(7-9-13)15-18-17-14(21-15)10-2-4-12(5-3-10)16(19)20/h3-9H,1-2H3,(H,23,24);3-9H,1-2H3;3-9H,1-2H3,(H,20,21);3-10H,1H2,2H3,(H,20,21);2-9H,1H3,(H,19,20);2-9H,1H3,(H,19,20)/p+1. The Hall–Kier alpha value is -18.5. The van der Waals surface area contributed by atoms with Crippen molar-refractivity contribution in [3.05, 3.63) is 323 Å². The highest BCUT2D eigenvalue weighted by molar-refractivity contribution is 8.13. The van der Waals surface area contributed by atoms with Crippen molar-refractivity contribution in [2.75, 3.05) is 40.0 Å². The van der Waals surface area contributed by atoms with E-state index in [1.165, 1.54) is 99.1 Å². The third-order valence-corrected chi connectivity index (χ3v) is 23.9. The monoisotopic (exact) mass is 1970 g/mol. The molecule has 0 radical (unpaired) electrons. The van der Waals surface area contributed by atoms with E-state index in [-0.39, 0.29) is 72.3 Å². The topological polar surface area (TPSA) is 548 Å². The zero-order chi connectivity index (χ0) is 101. The summed E-state index contributed by atoms with van der Waals surface area (Å²) in [6.07, 6.45) is 5.20. The van der Waals surface area contributed by atoms with Crippen LogP contribution in [0.3, 0.4) is 0 Å². The van der Waals surface area contributed by atoms with Gasteiger partial charge in [0.2, 0.25) is 70.7 Å². The Morgan fingerprint density at radius 2 is 0.599 bits per heavy atom. The summed E-state index contributed by atoms with van der Waals surface area (Å²) in [6, 6.07) is 75.5. The first-order valence-electron chi connectivity index (χ1n) is 41.9. The molecule has 0 bridgehead atoms. The van der Waals surface area contributed by atoms with Gasteiger partial charge < -0.3 is 71.2 Å². The van der Waals surface area contributed by atoms with E-state index < -0.39 is 45.7 Å². The summed E-state index contributed by atoms with van der Waals surface area (Å²) < 4.78 is 70.1. The number of ether oxygens (including phenoxy) is 2. The molecule has 0 aliphatic carbocycles. The van der Waals surface area contributed by atoms with Gasteiger partial charge >= 0.3 is 35.8 Å². The average Bonchev–Trinajstić information content (AvgIpc) is 1.64. The number of thioether (sulfide) groups is 1. The molecule has 38 nitrogen and oxygen atoms in total. The minimum absolute atomic E-state index is 0.0389. The van der Waals surface area contributed by atoms with E-state index in [0.29, 0.717) is 108 Å². The molecular weight excluding hydrogens is 1890 g/mol. The quantitative estimate of drug-likeness (QED) is 0.0186. The highest BCUT2D eigenvalue weighted by Gasteiger charge is 2.24. The van der Waals surface area contributed by atoms with Gasteiger partial charge in [-0.3, -0.25) is 0 Å². The predicted octanol–water partition coefficient (Wildman–Crippen LogP) is 20.0. The Labute approximate surface area is 812 Å². The number of imidazole rings is 1. The molecule has 0 amide bonds. The molecule has 142 heavy (non-hydrogen) atoms. The number of hydrogen-bond donors (Lipinski definition) is 6. The van der Waals surface area contributed by atoms with Crippen LogP contribution in [0.5, 0.6) is 11.5 Å². The van der Waals surface area contributed by atoms with E-state index in [0.717, 1.165) is 66.5 Å². The maximum atomic E-state index is 11.5. The summed E-state index contributed by atoms with van der Waals surface area (Å²) >= 11 is 1.66. The van der Waals surface area contributed by atoms with Crippen molar-refractivity contribution >= 4 is 90.5 Å². The molecule has 0 spiro atoms. The number of aromatic carboxylic acids is 6. The molecule has 19 rings (SSSR count). The van der Waals surface area contributed by atoms with Crippen LogP contribution in [-0.4, -0.2) is 196 Å². The van der Waals surface area contributed by atoms with E-state index in [4.69, 9.17) is 66.6 Å². The van der Waals surface area contributed by atoms with Crippen molar-refractivity contribution in [2.24, 2.45) is 7.05 Å². The second-order valence-corrected chi connectivity index (χ2v) is 35.1. The molecule has 0 aliphatic rings. The summed E-state index contributed by atoms with van der Waals surface area (Å²) in [4.78, 5) is 83.7. The third-order valence-electron chi connectivity index (χ3n) is 21.0. The van der Waals surface area contributed by atoms with Crippen LogP contribution >= 0.6 is 22.2 Å². The summed E-state index contributed by atoms with van der Waals surface area (Å²) in [5.41, 5.74) is 12.8. The Morgan fingerprint density at radius 3 is 0.859 bits per heavy atom. The van der Waals surface area contributed by atoms with Gasteiger partial charge in [-0.1, -0.05) is 11.9 Å². The lowest BCUT2D eigenvalue weighted by molar-refractivity contribution is -0.429. The van der Waals surface area contributed by atoms with Crippen LogP contribution in [-0.2, 0) is 16.9 Å². The van der Waals surface area contributed by atoms with Gasteiger partial charge in [0.05, 0.1) is 63.5 Å². The fourth-order valence-electron chi connectivity index (χ4n) is 13.2. The summed E-state index contributed by atoms with van der Waals surface area (Å²) in [6.45, 7) is 3.90. The van der Waals surface area contributed by atoms with Gasteiger partial charge in [-0.25, -0.2) is 42.2 Å². The third kappa shape index (κ3) is 24.5. The van der Waals surface area contributed by atoms with Crippen LogP contribution in [0.25, 0.3) is 148 Å². The first-order valence-corrected chi connectivity index (χ1v) is 46.8. The number of fused-ring (bicyclic) bond motifs is 1. The highest BCUT2D eigenvalue weighted by Crippen LogP contribution is 2.37. The Kier molecular flexibility index (Phi) is 31.2. The molecule has 12 aromatic carbocycles. The molecule has 41 heteroatoms. The molecule has 0 aliphatic heterocycles. The van der Waals surface area contributed by atoms with E-state index in [1.807, 2.05) is 117 Å². The van der Waals surface area contributed by atoms with Gasteiger partial charge in [0.25, 0.3) is 5.69 Å². The second-order valence-electron chi connectivity index (χ2n) is 30.4. The molecule has 19 aromatic rings. The van der Waals surface area contributed by atoms with Crippen LogP contribution < -0.4 is 9.47 Å². The lowest BCUT2D eigenvalue weighted by Crippen LogP contribution is -1.96. The minimum atomic E-state index is -3.27. The molecule has 0 saturated carbocycles. The average molecular weight is 1970 g/mol. The SMILES string of the molecule is C=S(C)c1ccc(-c2nnc(-c3ccc(C(=O)O)cc3)o2)cc1.COc1cc(-c2nnc(-c3ccc(C(=O)O)cc3)o2)ccc1C.COc1cc(-c2nnc(-c3ccc(C(=O)O)cc3)o2)ccc1[N+](C)=O.CS(=O)(=O)c1ccc(-c2nnc(-c3ccc(C(=O)O)cc3)o2)cc1.CSc1ccc(-c2nnc(-c3ccc(C(=O)O)cc3)o2)cc1.Cc1nc2cc(-c3nnc(-c4ccc(C(=O)O)cc4)o3)ccc2n1C. The number of hydrogen-bond acceptors (Lipinski definition) is 31. The van der Waals surface area contributed by atoms with Crippen LogP contribution in [0.1, 0.15) is 73.5 Å². The molecule has 1 unspecified atom stereocenters. The predicted molar refractivity (Wildman–Crippen MR) is 523 cm³/mol. The highest BCUT2D eigenvalue weighted by atomic mass is 32.2. The van der Waals surface area contributed by atoms with Crippen molar-refractivity contribution in [1.29, 1.82) is 0 Å². The smallest absolute Gasteiger partial charge is 0.335 e. The lowest BCUT2D eigenvalue weighted by atomic mass is 10.1. The van der Waals surface area contributed by atoms with Crippen molar-refractivity contribution in [2.45, 2.75) is 28.5 Å². The number of nitroso groups, excluding NO2 is 1. The number of aryl methyl sites for hydroxylation is 3. The molecule has 0 fully saturated rings. The lowest BCUT2D eigenvalue weighted by Gasteiger charge is -2.04. The van der Waals surface area contributed by atoms with Gasteiger partial charge in [0, 0.05) is 106 Å². The van der Waals surface area contributed by atoms with Crippen LogP contribution in [0.4, 0.5) is 5.69 Å². The number of aromatic nitrogens is 14. The number of benzene rings is 12. The zero-order valence-electron chi connectivity index (χ0n) is 76.2. The van der Waals surface area contributed by atoms with Gasteiger partial charge in [-0.15, -0.1) is 72.9 Å². The number of carboxylic acids is 6. The minimum Gasteiger partial charge on any atom is -0.496 e. The number of carbonyl (C=O) groups is 6. The normalized spacial score (nSPS) is 11.0. The molecule has 7 heterocycles. The van der Waals surface area contributed by atoms with Gasteiger partial charge in [0.15, 0.2) is 22.6 Å². The van der Waals surface area contributed by atoms with Gasteiger partial charge in [-0.2, -0.15) is 10.5 Å². The van der Waals surface area contributed by atoms with Crippen LogP contribution in [0, 0.1) is 18.8 Å². The first kappa shape index (κ1) is 99.5. The Morgan fingerprint density at radius 1 is 0.359 bits per heavy atom. The second kappa shape index (κ2) is 44.5. The Balaban J connectivity index is 0.000000135. The number of rotatable bonds is 24. The van der Waals surface area contributed by atoms with Gasteiger partial charge in [0.1, 0.15) is 11.6 Å². The number of sulfone groups is 1. The number of nitrogens with zero attached hydrogens (tertiary/aromatic N) is 15.